The van der Waals surface area contributed by atoms with Crippen LogP contribution in [0.5, 0.6) is 5.75 Å². The molecule has 19 heavy (non-hydrogen) atoms. The Kier molecular flexibility index (Phi) is 5.62. The second kappa shape index (κ2) is 7.22. The molecule has 1 rings (SSSR count). The van der Waals surface area contributed by atoms with Crippen molar-refractivity contribution in [1.29, 1.82) is 0 Å². The SMILES string of the molecule is NC(=O)OCCNC(=O)[C@H](N)Cc1ccc(O)cc1. The number of nitrogens with two attached hydrogens (primary N) is 2. The zero-order chi connectivity index (χ0) is 14.3. The van der Waals surface area contributed by atoms with E-state index in [-0.39, 0.29) is 24.8 Å². The first-order chi connectivity index (χ1) is 8.99. The monoisotopic (exact) mass is 267 g/mol. The van der Waals surface area contributed by atoms with Crippen LogP contribution in [-0.2, 0) is 16.0 Å². The first-order valence-electron chi connectivity index (χ1n) is 5.72. The molecule has 7 heteroatoms. The van der Waals surface area contributed by atoms with Crippen molar-refractivity contribution in [2.75, 3.05) is 13.2 Å². The summed E-state index contributed by atoms with van der Waals surface area (Å²) in [7, 11) is 0. The zero-order valence-electron chi connectivity index (χ0n) is 10.3. The van der Waals surface area contributed by atoms with Crippen molar-refractivity contribution in [3.05, 3.63) is 29.8 Å². The Labute approximate surface area is 110 Å². The fraction of sp³-hybridized carbons (Fsp3) is 0.333. The van der Waals surface area contributed by atoms with Crippen LogP contribution in [0.25, 0.3) is 0 Å². The van der Waals surface area contributed by atoms with Gasteiger partial charge in [-0.15, -0.1) is 0 Å². The number of ether oxygens (including phenoxy) is 1. The number of hydrogen-bond donors (Lipinski definition) is 4. The van der Waals surface area contributed by atoms with Crippen molar-refractivity contribution >= 4 is 12.0 Å². The highest BCUT2D eigenvalue weighted by molar-refractivity contribution is 5.81. The highest BCUT2D eigenvalue weighted by Gasteiger charge is 2.13. The normalized spacial score (nSPS) is 11.6. The molecule has 0 spiro atoms. The Morgan fingerprint density at radius 3 is 2.53 bits per heavy atom. The molecule has 0 aromatic heterocycles. The van der Waals surface area contributed by atoms with Crippen LogP contribution in [0.15, 0.2) is 24.3 Å². The van der Waals surface area contributed by atoms with Crippen molar-refractivity contribution in [3.63, 3.8) is 0 Å². The summed E-state index contributed by atoms with van der Waals surface area (Å²) < 4.78 is 4.46. The summed E-state index contributed by atoms with van der Waals surface area (Å²) in [5, 5.41) is 11.6. The molecule has 0 saturated heterocycles. The predicted molar refractivity (Wildman–Crippen MR) is 68.3 cm³/mol. The number of carbonyl (C=O) groups is 2. The second-order valence-electron chi connectivity index (χ2n) is 3.94. The van der Waals surface area contributed by atoms with Gasteiger partial charge in [0.15, 0.2) is 0 Å². The quantitative estimate of drug-likeness (QED) is 0.515. The first-order valence-corrected chi connectivity index (χ1v) is 5.72. The Morgan fingerprint density at radius 2 is 1.95 bits per heavy atom. The van der Waals surface area contributed by atoms with Crippen LogP contribution in [0.2, 0.25) is 0 Å². The third-order valence-corrected chi connectivity index (χ3v) is 2.37. The van der Waals surface area contributed by atoms with Gasteiger partial charge in [-0.1, -0.05) is 12.1 Å². The molecule has 0 aliphatic carbocycles. The zero-order valence-corrected chi connectivity index (χ0v) is 10.3. The largest absolute Gasteiger partial charge is 0.508 e. The van der Waals surface area contributed by atoms with Gasteiger partial charge in [0.2, 0.25) is 5.91 Å². The molecule has 1 aromatic rings. The van der Waals surface area contributed by atoms with E-state index in [4.69, 9.17) is 16.6 Å². The number of hydrogen-bond acceptors (Lipinski definition) is 5. The van der Waals surface area contributed by atoms with E-state index in [1.165, 1.54) is 12.1 Å². The van der Waals surface area contributed by atoms with Crippen LogP contribution in [0.1, 0.15) is 5.56 Å². The highest BCUT2D eigenvalue weighted by atomic mass is 16.5. The molecule has 1 aromatic carbocycles. The van der Waals surface area contributed by atoms with E-state index in [0.717, 1.165) is 5.56 Å². The second-order valence-corrected chi connectivity index (χ2v) is 3.94. The first kappa shape index (κ1) is 14.8. The number of aromatic hydroxyl groups is 1. The number of phenolic OH excluding ortho intramolecular Hbond substituents is 1. The summed E-state index contributed by atoms with van der Waals surface area (Å²) >= 11 is 0. The number of amides is 2. The fourth-order valence-corrected chi connectivity index (χ4v) is 1.44. The van der Waals surface area contributed by atoms with Crippen molar-refractivity contribution < 1.29 is 19.4 Å². The average Bonchev–Trinajstić information content (AvgIpc) is 2.36. The van der Waals surface area contributed by atoms with Crippen molar-refractivity contribution in [1.82, 2.24) is 5.32 Å². The molecular weight excluding hydrogens is 250 g/mol. The molecule has 0 saturated carbocycles. The minimum absolute atomic E-state index is 0.00695. The van der Waals surface area contributed by atoms with E-state index in [2.05, 4.69) is 10.1 Å². The molecule has 6 N–H and O–H groups in total. The standard InChI is InChI=1S/C12H17N3O4/c13-10(7-8-1-3-9(16)4-2-8)11(17)15-5-6-19-12(14)18/h1-4,10,16H,5-7,13H2,(H2,14,18)(H,15,17)/t10-/m1/s1. The lowest BCUT2D eigenvalue weighted by Crippen LogP contribution is -2.43. The molecule has 1 atom stereocenters. The Bertz CT molecular complexity index is 433. The van der Waals surface area contributed by atoms with Gasteiger partial charge in [-0.05, 0) is 24.1 Å². The van der Waals surface area contributed by atoms with Gasteiger partial charge in [0, 0.05) is 0 Å². The molecule has 0 heterocycles. The lowest BCUT2D eigenvalue weighted by atomic mass is 10.1. The van der Waals surface area contributed by atoms with Crippen LogP contribution >= 0.6 is 0 Å². The van der Waals surface area contributed by atoms with Gasteiger partial charge in [-0.2, -0.15) is 0 Å². The predicted octanol–water partition coefficient (Wildman–Crippen LogP) is -0.526. The molecule has 0 radical (unpaired) electrons. The summed E-state index contributed by atoms with van der Waals surface area (Å²) in [4.78, 5) is 21.9. The van der Waals surface area contributed by atoms with Gasteiger partial charge >= 0.3 is 6.09 Å². The number of phenols is 1. The molecule has 2 amide bonds. The molecule has 104 valence electrons. The number of nitrogens with one attached hydrogen (secondary N) is 1. The number of rotatable bonds is 6. The van der Waals surface area contributed by atoms with Crippen LogP contribution < -0.4 is 16.8 Å². The maximum Gasteiger partial charge on any atom is 0.404 e. The highest BCUT2D eigenvalue weighted by Crippen LogP contribution is 2.10. The maximum absolute atomic E-state index is 11.6. The smallest absolute Gasteiger partial charge is 0.404 e. The summed E-state index contributed by atoms with van der Waals surface area (Å²) in [6.45, 7) is 0.165. The van der Waals surface area contributed by atoms with Crippen LogP contribution in [0, 0.1) is 0 Å². The van der Waals surface area contributed by atoms with Gasteiger partial charge in [-0.3, -0.25) is 4.79 Å². The Morgan fingerprint density at radius 1 is 1.32 bits per heavy atom. The fourth-order valence-electron chi connectivity index (χ4n) is 1.44. The molecular formula is C12H17N3O4. The lowest BCUT2D eigenvalue weighted by molar-refractivity contribution is -0.122. The number of benzene rings is 1. The van der Waals surface area contributed by atoms with Crippen molar-refractivity contribution in [2.24, 2.45) is 11.5 Å². The number of carbonyl (C=O) groups excluding carboxylic acids is 2. The molecule has 0 fully saturated rings. The number of primary amides is 1. The van der Waals surface area contributed by atoms with E-state index < -0.39 is 12.1 Å². The summed E-state index contributed by atoms with van der Waals surface area (Å²) in [5.41, 5.74) is 11.3. The lowest BCUT2D eigenvalue weighted by Gasteiger charge is -2.12. The average molecular weight is 267 g/mol. The van der Waals surface area contributed by atoms with Crippen molar-refractivity contribution in [2.45, 2.75) is 12.5 Å². The van der Waals surface area contributed by atoms with Gasteiger partial charge in [0.1, 0.15) is 12.4 Å². The van der Waals surface area contributed by atoms with Gasteiger partial charge < -0.3 is 26.6 Å². The Hall–Kier alpha value is -2.28. The molecule has 0 aliphatic heterocycles. The summed E-state index contributed by atoms with van der Waals surface area (Å²) in [6.07, 6.45) is -0.536. The summed E-state index contributed by atoms with van der Waals surface area (Å²) in [5.74, 6) is -0.188. The summed E-state index contributed by atoms with van der Waals surface area (Å²) in [6, 6.07) is 5.73. The third-order valence-electron chi connectivity index (χ3n) is 2.37. The van der Waals surface area contributed by atoms with E-state index in [9.17, 15) is 9.59 Å². The van der Waals surface area contributed by atoms with E-state index in [0.29, 0.717) is 6.42 Å². The van der Waals surface area contributed by atoms with Gasteiger partial charge in [-0.25, -0.2) is 4.79 Å². The van der Waals surface area contributed by atoms with Crippen LogP contribution in [-0.4, -0.2) is 36.3 Å². The molecule has 7 nitrogen and oxygen atoms in total. The molecule has 0 bridgehead atoms. The molecule has 0 unspecified atom stereocenters. The van der Waals surface area contributed by atoms with Gasteiger partial charge in [0.05, 0.1) is 12.6 Å². The van der Waals surface area contributed by atoms with Crippen LogP contribution in [0.3, 0.4) is 0 Å². The molecule has 0 aliphatic rings. The third kappa shape index (κ3) is 5.73. The Balaban J connectivity index is 2.32. The maximum atomic E-state index is 11.6. The van der Waals surface area contributed by atoms with Crippen LogP contribution in [0.4, 0.5) is 4.79 Å². The van der Waals surface area contributed by atoms with Crippen molar-refractivity contribution in [3.8, 4) is 5.75 Å². The van der Waals surface area contributed by atoms with E-state index >= 15 is 0 Å². The topological polar surface area (TPSA) is 128 Å². The minimum atomic E-state index is -0.886. The minimum Gasteiger partial charge on any atom is -0.508 e. The van der Waals surface area contributed by atoms with E-state index in [1.807, 2.05) is 0 Å². The van der Waals surface area contributed by atoms with Gasteiger partial charge in [0.25, 0.3) is 0 Å². The van der Waals surface area contributed by atoms with E-state index in [1.54, 1.807) is 12.1 Å².